The van der Waals surface area contributed by atoms with Crippen LogP contribution in [0.5, 0.6) is 0 Å². The van der Waals surface area contributed by atoms with E-state index in [1.807, 2.05) is 18.2 Å². The number of carbonyl (C=O) groups excluding carboxylic acids is 1. The second kappa shape index (κ2) is 6.95. The smallest absolute Gasteiger partial charge is 0.220 e. The maximum Gasteiger partial charge on any atom is 0.220 e. The fourth-order valence-electron chi connectivity index (χ4n) is 3.90. The fraction of sp³-hybridized carbons (Fsp3) is 0.450. The van der Waals surface area contributed by atoms with Crippen molar-refractivity contribution in [3.8, 4) is 0 Å². The first-order valence-electron chi connectivity index (χ1n) is 8.44. The van der Waals surface area contributed by atoms with Gasteiger partial charge >= 0.3 is 0 Å². The number of carbonyl (C=O) groups is 1. The van der Waals surface area contributed by atoms with Crippen molar-refractivity contribution in [3.63, 3.8) is 0 Å². The zero-order chi connectivity index (χ0) is 15.3. The number of benzene rings is 1. The molecule has 1 amide bonds. The second-order valence-corrected chi connectivity index (χ2v) is 6.66. The standard InChI is InChI=1S/C20H25NO/c22-19(21-16-17-9-3-1-4-10-17)15-20(13-7-2-8-14-20)18-11-5-6-12-18/h1,3-6,9-12,18H,2,7-8,13-16H2,(H,21,22). The summed E-state index contributed by atoms with van der Waals surface area (Å²) in [6, 6.07) is 10.1. The highest BCUT2D eigenvalue weighted by molar-refractivity contribution is 5.76. The number of rotatable bonds is 5. The van der Waals surface area contributed by atoms with Crippen molar-refractivity contribution in [1.29, 1.82) is 0 Å². The summed E-state index contributed by atoms with van der Waals surface area (Å²) in [6.45, 7) is 0.631. The third kappa shape index (κ3) is 3.49. The van der Waals surface area contributed by atoms with Crippen LogP contribution < -0.4 is 5.32 Å². The van der Waals surface area contributed by atoms with E-state index < -0.39 is 0 Å². The molecule has 1 aromatic rings. The molecule has 1 aromatic carbocycles. The van der Waals surface area contributed by atoms with Gasteiger partial charge in [0.25, 0.3) is 0 Å². The van der Waals surface area contributed by atoms with Gasteiger partial charge in [0.2, 0.25) is 5.91 Å². The van der Waals surface area contributed by atoms with Gasteiger partial charge in [-0.25, -0.2) is 0 Å². The van der Waals surface area contributed by atoms with E-state index in [0.29, 0.717) is 18.9 Å². The normalized spacial score (nSPS) is 20.2. The van der Waals surface area contributed by atoms with Crippen LogP contribution in [0.3, 0.4) is 0 Å². The first-order chi connectivity index (χ1) is 10.8. The lowest BCUT2D eigenvalue weighted by atomic mass is 9.64. The predicted octanol–water partition coefficient (Wildman–Crippen LogP) is 4.39. The van der Waals surface area contributed by atoms with E-state index in [1.54, 1.807) is 0 Å². The first kappa shape index (κ1) is 15.1. The Kier molecular flexibility index (Phi) is 4.77. The highest BCUT2D eigenvalue weighted by Crippen LogP contribution is 2.47. The minimum Gasteiger partial charge on any atom is -0.352 e. The largest absolute Gasteiger partial charge is 0.352 e. The molecule has 116 valence electrons. The molecule has 0 bridgehead atoms. The lowest BCUT2D eigenvalue weighted by Crippen LogP contribution is -2.37. The monoisotopic (exact) mass is 295 g/mol. The van der Waals surface area contributed by atoms with Gasteiger partial charge in [0, 0.05) is 18.9 Å². The number of allylic oxidation sites excluding steroid dienone is 4. The van der Waals surface area contributed by atoms with Crippen LogP contribution in [0.1, 0.15) is 44.1 Å². The molecule has 2 nitrogen and oxygen atoms in total. The summed E-state index contributed by atoms with van der Waals surface area (Å²) in [7, 11) is 0. The van der Waals surface area contributed by atoms with Crippen molar-refractivity contribution < 1.29 is 4.79 Å². The molecule has 0 radical (unpaired) electrons. The number of amides is 1. The molecule has 1 fully saturated rings. The van der Waals surface area contributed by atoms with Crippen molar-refractivity contribution in [2.45, 2.75) is 45.1 Å². The highest BCUT2D eigenvalue weighted by atomic mass is 16.1. The van der Waals surface area contributed by atoms with Crippen LogP contribution in [0.4, 0.5) is 0 Å². The lowest BCUT2D eigenvalue weighted by molar-refractivity contribution is -0.124. The van der Waals surface area contributed by atoms with Gasteiger partial charge in [-0.05, 0) is 23.8 Å². The molecule has 0 saturated heterocycles. The highest BCUT2D eigenvalue weighted by Gasteiger charge is 2.39. The molecule has 0 atom stereocenters. The van der Waals surface area contributed by atoms with Crippen molar-refractivity contribution >= 4 is 5.91 Å². The van der Waals surface area contributed by atoms with Crippen LogP contribution in [-0.4, -0.2) is 5.91 Å². The molecule has 0 aliphatic heterocycles. The summed E-state index contributed by atoms with van der Waals surface area (Å²) in [4.78, 5) is 12.5. The topological polar surface area (TPSA) is 29.1 Å². The molecule has 0 spiro atoms. The number of hydrogen-bond acceptors (Lipinski definition) is 1. The third-order valence-corrected chi connectivity index (χ3v) is 5.15. The van der Waals surface area contributed by atoms with Crippen LogP contribution in [-0.2, 0) is 11.3 Å². The van der Waals surface area contributed by atoms with Gasteiger partial charge in [-0.3, -0.25) is 4.79 Å². The van der Waals surface area contributed by atoms with Crippen molar-refractivity contribution in [3.05, 3.63) is 60.2 Å². The summed E-state index contributed by atoms with van der Waals surface area (Å²) in [5, 5.41) is 3.11. The van der Waals surface area contributed by atoms with E-state index in [-0.39, 0.29) is 11.3 Å². The molecular weight excluding hydrogens is 270 g/mol. The maximum atomic E-state index is 12.5. The Hall–Kier alpha value is -1.83. The van der Waals surface area contributed by atoms with E-state index in [0.717, 1.165) is 5.56 Å². The van der Waals surface area contributed by atoms with Crippen LogP contribution in [0.15, 0.2) is 54.6 Å². The Balaban J connectivity index is 1.61. The Morgan fingerprint density at radius 1 is 1.05 bits per heavy atom. The van der Waals surface area contributed by atoms with E-state index in [2.05, 4.69) is 41.8 Å². The van der Waals surface area contributed by atoms with E-state index in [4.69, 9.17) is 0 Å². The van der Waals surface area contributed by atoms with Gasteiger partial charge in [0.05, 0.1) is 0 Å². The Labute approximate surface area is 133 Å². The quantitative estimate of drug-likeness (QED) is 0.858. The minimum absolute atomic E-state index is 0.141. The Morgan fingerprint density at radius 2 is 1.73 bits per heavy atom. The Bertz CT molecular complexity index is 540. The van der Waals surface area contributed by atoms with Gasteiger partial charge < -0.3 is 5.32 Å². The molecule has 0 unspecified atom stereocenters. The summed E-state index contributed by atoms with van der Waals surface area (Å²) in [5.41, 5.74) is 1.30. The lowest BCUT2D eigenvalue weighted by Gasteiger charge is -2.40. The SMILES string of the molecule is O=C(CC1(C2C=CC=C2)CCCCC1)NCc1ccccc1. The molecule has 0 aromatic heterocycles. The zero-order valence-corrected chi connectivity index (χ0v) is 13.1. The summed E-state index contributed by atoms with van der Waals surface area (Å²) in [5.74, 6) is 0.634. The van der Waals surface area contributed by atoms with Gasteiger partial charge in [-0.15, -0.1) is 0 Å². The molecule has 22 heavy (non-hydrogen) atoms. The molecule has 1 N–H and O–H groups in total. The van der Waals surface area contributed by atoms with Crippen LogP contribution in [0.25, 0.3) is 0 Å². The molecule has 3 rings (SSSR count). The summed E-state index contributed by atoms with van der Waals surface area (Å²) >= 11 is 0. The van der Waals surface area contributed by atoms with Crippen molar-refractivity contribution in [2.75, 3.05) is 0 Å². The van der Waals surface area contributed by atoms with Crippen molar-refractivity contribution in [1.82, 2.24) is 5.32 Å². The second-order valence-electron chi connectivity index (χ2n) is 6.66. The zero-order valence-electron chi connectivity index (χ0n) is 13.1. The molecule has 0 heterocycles. The van der Waals surface area contributed by atoms with Gasteiger partial charge in [0.15, 0.2) is 0 Å². The van der Waals surface area contributed by atoms with Crippen LogP contribution in [0.2, 0.25) is 0 Å². The van der Waals surface area contributed by atoms with Crippen LogP contribution >= 0.6 is 0 Å². The minimum atomic E-state index is 0.141. The Morgan fingerprint density at radius 3 is 2.41 bits per heavy atom. The van der Waals surface area contributed by atoms with Gasteiger partial charge in [-0.2, -0.15) is 0 Å². The molecule has 2 aliphatic carbocycles. The molecule has 1 saturated carbocycles. The summed E-state index contributed by atoms with van der Waals surface area (Å²) in [6.07, 6.45) is 15.6. The third-order valence-electron chi connectivity index (χ3n) is 5.15. The number of hydrogen-bond donors (Lipinski definition) is 1. The van der Waals surface area contributed by atoms with Crippen LogP contribution in [0, 0.1) is 11.3 Å². The fourth-order valence-corrected chi connectivity index (χ4v) is 3.90. The summed E-state index contributed by atoms with van der Waals surface area (Å²) < 4.78 is 0. The molecular formula is C20H25NO. The van der Waals surface area contributed by atoms with E-state index >= 15 is 0 Å². The average molecular weight is 295 g/mol. The average Bonchev–Trinajstić information content (AvgIpc) is 3.10. The van der Waals surface area contributed by atoms with Gasteiger partial charge in [-0.1, -0.05) is 73.9 Å². The number of nitrogens with one attached hydrogen (secondary N) is 1. The maximum absolute atomic E-state index is 12.5. The first-order valence-corrected chi connectivity index (χ1v) is 8.44. The van der Waals surface area contributed by atoms with Crippen molar-refractivity contribution in [2.24, 2.45) is 11.3 Å². The molecule has 2 aliphatic rings. The van der Waals surface area contributed by atoms with E-state index in [9.17, 15) is 4.79 Å². The predicted molar refractivity (Wildman–Crippen MR) is 90.2 cm³/mol. The van der Waals surface area contributed by atoms with Gasteiger partial charge in [0.1, 0.15) is 0 Å². The van der Waals surface area contributed by atoms with E-state index in [1.165, 1.54) is 32.1 Å². The molecule has 2 heteroatoms.